The Kier molecular flexibility index (Phi) is 8.51. The molecule has 6 nitrogen and oxygen atoms in total. The highest BCUT2D eigenvalue weighted by Gasteiger charge is 2.37. The van der Waals surface area contributed by atoms with Gasteiger partial charge in [0, 0.05) is 50.6 Å². The number of likely N-dealkylation sites (tertiary alicyclic amines) is 1. The molecule has 2 amide bonds. The van der Waals surface area contributed by atoms with E-state index in [4.69, 9.17) is 5.73 Å². The van der Waals surface area contributed by atoms with Gasteiger partial charge in [0.05, 0.1) is 0 Å². The molecular weight excluding hydrogens is 384 g/mol. The minimum absolute atomic E-state index is 0.0200. The van der Waals surface area contributed by atoms with Gasteiger partial charge in [-0.2, -0.15) is 0 Å². The molecule has 1 saturated carbocycles. The summed E-state index contributed by atoms with van der Waals surface area (Å²) in [6.07, 6.45) is 8.30. The number of thiophene rings is 1. The summed E-state index contributed by atoms with van der Waals surface area (Å²) in [6, 6.07) is 4.24. The van der Waals surface area contributed by atoms with E-state index in [1.54, 1.807) is 23.2 Å². The number of nitrogens with zero attached hydrogens (tertiary/aromatic N) is 2. The highest BCUT2D eigenvalue weighted by atomic mass is 32.1. The van der Waals surface area contributed by atoms with Crippen LogP contribution in [-0.2, 0) is 16.1 Å². The number of carbonyl (C=O) groups excluding carboxylic acids is 2. The molecule has 2 heterocycles. The summed E-state index contributed by atoms with van der Waals surface area (Å²) in [5, 5.41) is 5.03. The van der Waals surface area contributed by atoms with Crippen molar-refractivity contribution in [1.82, 2.24) is 15.1 Å². The van der Waals surface area contributed by atoms with Gasteiger partial charge in [-0.15, -0.1) is 11.3 Å². The number of carbonyl (C=O) groups is 2. The van der Waals surface area contributed by atoms with Crippen molar-refractivity contribution < 1.29 is 9.59 Å². The first kappa shape index (κ1) is 22.2. The van der Waals surface area contributed by atoms with Crippen molar-refractivity contribution in [3.63, 3.8) is 0 Å². The van der Waals surface area contributed by atoms with E-state index in [1.165, 1.54) is 37.0 Å². The largest absolute Gasteiger partial charge is 0.353 e. The van der Waals surface area contributed by atoms with E-state index in [1.807, 2.05) is 0 Å². The Morgan fingerprint density at radius 2 is 2.07 bits per heavy atom. The van der Waals surface area contributed by atoms with Crippen LogP contribution in [0, 0.1) is 5.92 Å². The van der Waals surface area contributed by atoms with Gasteiger partial charge in [0.1, 0.15) is 6.04 Å². The van der Waals surface area contributed by atoms with E-state index < -0.39 is 6.04 Å². The van der Waals surface area contributed by atoms with Crippen LogP contribution >= 0.6 is 11.3 Å². The van der Waals surface area contributed by atoms with Gasteiger partial charge in [0.2, 0.25) is 11.8 Å². The first-order chi connectivity index (χ1) is 14.1. The zero-order valence-electron chi connectivity index (χ0n) is 17.6. The molecule has 0 spiro atoms. The molecule has 0 bridgehead atoms. The molecule has 162 valence electrons. The second-order valence-electron chi connectivity index (χ2n) is 8.50. The van der Waals surface area contributed by atoms with Gasteiger partial charge >= 0.3 is 0 Å². The maximum absolute atomic E-state index is 12.8. The van der Waals surface area contributed by atoms with Crippen molar-refractivity contribution in [2.24, 2.45) is 11.7 Å². The molecule has 2 aliphatic rings. The van der Waals surface area contributed by atoms with Crippen LogP contribution in [0.4, 0.5) is 0 Å². The maximum Gasteiger partial charge on any atom is 0.242 e. The van der Waals surface area contributed by atoms with Gasteiger partial charge in [-0.25, -0.2) is 0 Å². The SMILES string of the molecule is CC(=O)N1CCC(N(Cc2cccs2)CC2CCCCC2)C[C@@H]1C(=O)NCCN. The van der Waals surface area contributed by atoms with Gasteiger partial charge in [-0.3, -0.25) is 14.5 Å². The van der Waals surface area contributed by atoms with Crippen molar-refractivity contribution in [3.05, 3.63) is 22.4 Å². The summed E-state index contributed by atoms with van der Waals surface area (Å²) in [5.41, 5.74) is 5.55. The molecular formula is C22H36N4O2S. The molecule has 1 aromatic rings. The van der Waals surface area contributed by atoms with E-state index in [-0.39, 0.29) is 11.8 Å². The summed E-state index contributed by atoms with van der Waals surface area (Å²) in [6.45, 7) is 5.11. The average Bonchev–Trinajstić information content (AvgIpc) is 3.25. The molecule has 7 heteroatoms. The smallest absolute Gasteiger partial charge is 0.242 e. The Balaban J connectivity index is 1.72. The second-order valence-corrected chi connectivity index (χ2v) is 9.53. The molecule has 2 fully saturated rings. The quantitative estimate of drug-likeness (QED) is 0.678. The molecule has 1 saturated heterocycles. The zero-order chi connectivity index (χ0) is 20.6. The molecule has 3 rings (SSSR count). The molecule has 0 aromatic carbocycles. The topological polar surface area (TPSA) is 78.7 Å². The van der Waals surface area contributed by atoms with Crippen LogP contribution < -0.4 is 11.1 Å². The van der Waals surface area contributed by atoms with Crippen LogP contribution in [0.25, 0.3) is 0 Å². The summed E-state index contributed by atoms with van der Waals surface area (Å²) < 4.78 is 0. The number of nitrogens with two attached hydrogens (primary N) is 1. The minimum Gasteiger partial charge on any atom is -0.353 e. The molecule has 1 unspecified atom stereocenters. The lowest BCUT2D eigenvalue weighted by molar-refractivity contribution is -0.142. The van der Waals surface area contributed by atoms with E-state index in [2.05, 4.69) is 27.7 Å². The number of nitrogens with one attached hydrogen (secondary N) is 1. The van der Waals surface area contributed by atoms with E-state index in [0.29, 0.717) is 32.1 Å². The second kappa shape index (κ2) is 11.1. The number of piperidine rings is 1. The predicted molar refractivity (Wildman–Crippen MR) is 118 cm³/mol. The van der Waals surface area contributed by atoms with Crippen LogP contribution in [-0.4, -0.2) is 59.9 Å². The van der Waals surface area contributed by atoms with Crippen LogP contribution in [0.5, 0.6) is 0 Å². The summed E-state index contributed by atoms with van der Waals surface area (Å²) in [7, 11) is 0. The Hall–Kier alpha value is -1.44. The summed E-state index contributed by atoms with van der Waals surface area (Å²) in [4.78, 5) is 30.6. The average molecular weight is 421 g/mol. The predicted octanol–water partition coefficient (Wildman–Crippen LogP) is 2.58. The zero-order valence-corrected chi connectivity index (χ0v) is 18.5. The fraction of sp³-hybridized carbons (Fsp3) is 0.727. The highest BCUT2D eigenvalue weighted by Crippen LogP contribution is 2.30. The van der Waals surface area contributed by atoms with Crippen LogP contribution in [0.15, 0.2) is 17.5 Å². The van der Waals surface area contributed by atoms with Gasteiger partial charge < -0.3 is 16.0 Å². The Bertz CT molecular complexity index is 645. The Labute approximate surface area is 178 Å². The monoisotopic (exact) mass is 420 g/mol. The van der Waals surface area contributed by atoms with E-state index in [9.17, 15) is 9.59 Å². The van der Waals surface area contributed by atoms with Crippen LogP contribution in [0.2, 0.25) is 0 Å². The van der Waals surface area contributed by atoms with Gasteiger partial charge in [-0.05, 0) is 43.0 Å². The highest BCUT2D eigenvalue weighted by molar-refractivity contribution is 7.09. The third-order valence-electron chi connectivity index (χ3n) is 6.40. The number of hydrogen-bond donors (Lipinski definition) is 2. The number of rotatable bonds is 8. The van der Waals surface area contributed by atoms with Crippen molar-refractivity contribution in [2.75, 3.05) is 26.2 Å². The first-order valence-corrected chi connectivity index (χ1v) is 12.0. The summed E-state index contributed by atoms with van der Waals surface area (Å²) in [5.74, 6) is 0.664. The van der Waals surface area contributed by atoms with Gasteiger partial charge in [0.25, 0.3) is 0 Å². The molecule has 1 aliphatic heterocycles. The Morgan fingerprint density at radius 1 is 1.28 bits per heavy atom. The van der Waals surface area contributed by atoms with Crippen molar-refractivity contribution >= 4 is 23.2 Å². The van der Waals surface area contributed by atoms with Gasteiger partial charge in [0.15, 0.2) is 0 Å². The van der Waals surface area contributed by atoms with E-state index in [0.717, 1.165) is 25.4 Å². The molecule has 0 radical (unpaired) electrons. The van der Waals surface area contributed by atoms with Gasteiger partial charge in [-0.1, -0.05) is 25.3 Å². The number of amides is 2. The number of hydrogen-bond acceptors (Lipinski definition) is 5. The molecule has 3 N–H and O–H groups in total. The fourth-order valence-electron chi connectivity index (χ4n) is 4.86. The third kappa shape index (κ3) is 6.27. The third-order valence-corrected chi connectivity index (χ3v) is 7.26. The molecule has 2 atom stereocenters. The fourth-order valence-corrected chi connectivity index (χ4v) is 5.59. The normalized spacial score (nSPS) is 23.3. The van der Waals surface area contributed by atoms with Crippen molar-refractivity contribution in [1.29, 1.82) is 0 Å². The molecule has 1 aliphatic carbocycles. The lowest BCUT2D eigenvalue weighted by Gasteiger charge is -2.43. The van der Waals surface area contributed by atoms with Crippen LogP contribution in [0.3, 0.4) is 0 Å². The lowest BCUT2D eigenvalue weighted by Crippen LogP contribution is -2.57. The lowest BCUT2D eigenvalue weighted by atomic mass is 9.87. The van der Waals surface area contributed by atoms with Crippen molar-refractivity contribution in [3.8, 4) is 0 Å². The molecule has 1 aromatic heterocycles. The van der Waals surface area contributed by atoms with E-state index >= 15 is 0 Å². The minimum atomic E-state index is -0.394. The Morgan fingerprint density at radius 3 is 2.72 bits per heavy atom. The van der Waals surface area contributed by atoms with Crippen molar-refractivity contribution in [2.45, 2.75) is 70.5 Å². The summed E-state index contributed by atoms with van der Waals surface area (Å²) >= 11 is 1.80. The molecule has 29 heavy (non-hydrogen) atoms. The van der Waals surface area contributed by atoms with Crippen LogP contribution in [0.1, 0.15) is 56.7 Å². The maximum atomic E-state index is 12.8. The first-order valence-electron chi connectivity index (χ1n) is 11.1. The standard InChI is InChI=1S/C22H36N4O2S/c1-17(27)26-12-9-19(14-21(26)22(28)24-11-10-23)25(16-20-8-5-13-29-20)15-18-6-3-2-4-7-18/h5,8,13,18-19,21H,2-4,6-7,9-12,14-16,23H2,1H3,(H,24,28)/t19?,21-/m1/s1.